The highest BCUT2D eigenvalue weighted by Crippen LogP contribution is 2.40. The van der Waals surface area contributed by atoms with E-state index in [-0.39, 0.29) is 11.2 Å². The molecule has 0 aliphatic carbocycles. The van der Waals surface area contributed by atoms with Gasteiger partial charge in [-0.05, 0) is 30.5 Å². The number of para-hydroxylation sites is 1. The van der Waals surface area contributed by atoms with Crippen LogP contribution in [0.4, 0.5) is 4.39 Å². The minimum atomic E-state index is -0.239. The van der Waals surface area contributed by atoms with Crippen LogP contribution < -0.4 is 10.5 Å². The smallest absolute Gasteiger partial charge is 0.126 e. The van der Waals surface area contributed by atoms with Crippen LogP contribution >= 0.6 is 0 Å². The second-order valence-corrected chi connectivity index (χ2v) is 5.35. The molecule has 2 N–H and O–H groups in total. The normalized spacial score (nSPS) is 21.1. The summed E-state index contributed by atoms with van der Waals surface area (Å²) < 4.78 is 19.7. The zero-order valence-corrected chi connectivity index (χ0v) is 11.3. The van der Waals surface area contributed by atoms with Gasteiger partial charge in [0.25, 0.3) is 0 Å². The molecule has 2 aromatic carbocycles. The van der Waals surface area contributed by atoms with Gasteiger partial charge in [-0.2, -0.15) is 0 Å². The fourth-order valence-corrected chi connectivity index (χ4v) is 3.00. The van der Waals surface area contributed by atoms with Crippen LogP contribution in [0.25, 0.3) is 0 Å². The Balaban J connectivity index is 2.03. The van der Waals surface area contributed by atoms with Gasteiger partial charge >= 0.3 is 0 Å². The molecule has 104 valence electrons. The predicted octanol–water partition coefficient (Wildman–Crippen LogP) is 3.05. The monoisotopic (exact) mass is 271 g/mol. The Bertz CT molecular complexity index is 613. The number of fused-ring (bicyclic) bond motifs is 1. The van der Waals surface area contributed by atoms with Crippen LogP contribution in [0, 0.1) is 5.82 Å². The molecule has 0 spiro atoms. The summed E-state index contributed by atoms with van der Waals surface area (Å²) in [6.45, 7) is 1.12. The molecule has 0 saturated heterocycles. The molecule has 2 aromatic rings. The summed E-state index contributed by atoms with van der Waals surface area (Å²) in [6, 6.07) is 14.9. The average Bonchev–Trinajstić information content (AvgIpc) is 2.50. The molecule has 0 radical (unpaired) electrons. The lowest BCUT2D eigenvalue weighted by atomic mass is 9.72. The number of halogens is 1. The van der Waals surface area contributed by atoms with Crippen LogP contribution in [0.5, 0.6) is 5.75 Å². The molecular weight excluding hydrogens is 253 g/mol. The van der Waals surface area contributed by atoms with E-state index in [4.69, 9.17) is 10.5 Å². The van der Waals surface area contributed by atoms with Gasteiger partial charge in [-0.1, -0.05) is 36.4 Å². The first-order valence-corrected chi connectivity index (χ1v) is 6.91. The Hall–Kier alpha value is -1.87. The van der Waals surface area contributed by atoms with Crippen LogP contribution in [0.1, 0.15) is 17.5 Å². The maximum atomic E-state index is 14.0. The number of hydrogen-bond acceptors (Lipinski definition) is 2. The predicted molar refractivity (Wildman–Crippen MR) is 77.4 cm³/mol. The molecule has 1 aliphatic rings. The third-order valence-electron chi connectivity index (χ3n) is 4.17. The fraction of sp³-hybridized carbons (Fsp3) is 0.294. The van der Waals surface area contributed by atoms with Crippen LogP contribution in [0.15, 0.2) is 48.5 Å². The van der Waals surface area contributed by atoms with Gasteiger partial charge in [0.1, 0.15) is 11.6 Å². The van der Waals surface area contributed by atoms with Crippen molar-refractivity contribution in [1.29, 1.82) is 0 Å². The number of hydrogen-bond donors (Lipinski definition) is 1. The lowest BCUT2D eigenvalue weighted by Crippen LogP contribution is -2.42. The maximum absolute atomic E-state index is 14.0. The molecule has 1 aliphatic heterocycles. The van der Waals surface area contributed by atoms with Crippen molar-refractivity contribution >= 4 is 0 Å². The third kappa shape index (κ3) is 2.18. The highest BCUT2D eigenvalue weighted by molar-refractivity contribution is 5.43. The highest BCUT2D eigenvalue weighted by atomic mass is 19.1. The summed E-state index contributed by atoms with van der Waals surface area (Å²) in [7, 11) is 0. The summed E-state index contributed by atoms with van der Waals surface area (Å²) in [6.07, 6.45) is 1.42. The van der Waals surface area contributed by atoms with Gasteiger partial charge in [0.2, 0.25) is 0 Å². The zero-order chi connectivity index (χ0) is 14.0. The van der Waals surface area contributed by atoms with Crippen molar-refractivity contribution in [2.24, 2.45) is 5.73 Å². The standard InChI is InChI=1S/C17H18FNO/c18-15-7-3-1-5-13(15)11-17(12-19)9-10-20-16-8-4-2-6-14(16)17/h1-8H,9-12,19H2. The summed E-state index contributed by atoms with van der Waals surface area (Å²) >= 11 is 0. The highest BCUT2D eigenvalue weighted by Gasteiger charge is 2.37. The first-order valence-electron chi connectivity index (χ1n) is 6.91. The van der Waals surface area contributed by atoms with E-state index < -0.39 is 0 Å². The maximum Gasteiger partial charge on any atom is 0.126 e. The van der Waals surface area contributed by atoms with E-state index in [0.717, 1.165) is 23.3 Å². The van der Waals surface area contributed by atoms with E-state index >= 15 is 0 Å². The molecule has 2 nitrogen and oxygen atoms in total. The van der Waals surface area contributed by atoms with E-state index in [0.29, 0.717) is 19.6 Å². The molecule has 20 heavy (non-hydrogen) atoms. The largest absolute Gasteiger partial charge is 0.493 e. The molecule has 0 fully saturated rings. The van der Waals surface area contributed by atoms with Gasteiger partial charge in [0.15, 0.2) is 0 Å². The molecule has 0 aromatic heterocycles. The Morgan fingerprint density at radius 2 is 1.85 bits per heavy atom. The number of ether oxygens (including phenoxy) is 1. The van der Waals surface area contributed by atoms with Crippen LogP contribution in [-0.4, -0.2) is 13.2 Å². The molecule has 0 saturated carbocycles. The Labute approximate surface area is 118 Å². The molecule has 0 bridgehead atoms. The van der Waals surface area contributed by atoms with E-state index in [9.17, 15) is 4.39 Å². The molecule has 1 atom stereocenters. The second-order valence-electron chi connectivity index (χ2n) is 5.35. The Morgan fingerprint density at radius 1 is 1.10 bits per heavy atom. The minimum absolute atomic E-state index is 0.163. The van der Waals surface area contributed by atoms with Crippen molar-refractivity contribution in [3.05, 3.63) is 65.5 Å². The van der Waals surface area contributed by atoms with Gasteiger partial charge in [0, 0.05) is 17.5 Å². The molecule has 3 heteroatoms. The Morgan fingerprint density at radius 3 is 2.65 bits per heavy atom. The molecule has 0 amide bonds. The van der Waals surface area contributed by atoms with Gasteiger partial charge in [-0.3, -0.25) is 0 Å². The van der Waals surface area contributed by atoms with Gasteiger partial charge < -0.3 is 10.5 Å². The van der Waals surface area contributed by atoms with Crippen molar-refractivity contribution < 1.29 is 9.13 Å². The Kier molecular flexibility index (Phi) is 3.45. The molecule has 1 unspecified atom stereocenters. The van der Waals surface area contributed by atoms with Crippen molar-refractivity contribution in [2.75, 3.05) is 13.2 Å². The van der Waals surface area contributed by atoms with Crippen molar-refractivity contribution in [2.45, 2.75) is 18.3 Å². The quantitative estimate of drug-likeness (QED) is 0.931. The van der Waals surface area contributed by atoms with E-state index in [1.165, 1.54) is 6.07 Å². The molecule has 3 rings (SSSR count). The van der Waals surface area contributed by atoms with E-state index in [1.807, 2.05) is 36.4 Å². The van der Waals surface area contributed by atoms with Crippen molar-refractivity contribution in [3.63, 3.8) is 0 Å². The third-order valence-corrected chi connectivity index (χ3v) is 4.17. The van der Waals surface area contributed by atoms with Crippen LogP contribution in [0.2, 0.25) is 0 Å². The topological polar surface area (TPSA) is 35.2 Å². The number of rotatable bonds is 3. The van der Waals surface area contributed by atoms with Crippen molar-refractivity contribution in [3.8, 4) is 5.75 Å². The lowest BCUT2D eigenvalue weighted by Gasteiger charge is -2.38. The van der Waals surface area contributed by atoms with Gasteiger partial charge in [-0.25, -0.2) is 4.39 Å². The summed E-state index contributed by atoms with van der Waals surface area (Å²) in [5, 5.41) is 0. The lowest BCUT2D eigenvalue weighted by molar-refractivity contribution is 0.214. The van der Waals surface area contributed by atoms with Crippen molar-refractivity contribution in [1.82, 2.24) is 0 Å². The van der Waals surface area contributed by atoms with E-state index in [2.05, 4.69) is 0 Å². The number of benzene rings is 2. The van der Waals surface area contributed by atoms with Gasteiger partial charge in [0.05, 0.1) is 6.61 Å². The van der Waals surface area contributed by atoms with Crippen LogP contribution in [0.3, 0.4) is 0 Å². The molecule has 1 heterocycles. The average molecular weight is 271 g/mol. The molecular formula is C17H18FNO. The summed E-state index contributed by atoms with van der Waals surface area (Å²) in [5.74, 6) is 0.713. The van der Waals surface area contributed by atoms with E-state index in [1.54, 1.807) is 6.07 Å². The number of nitrogens with two attached hydrogens (primary N) is 1. The fourth-order valence-electron chi connectivity index (χ4n) is 3.00. The minimum Gasteiger partial charge on any atom is -0.493 e. The SMILES string of the molecule is NCC1(Cc2ccccc2F)CCOc2ccccc21. The summed E-state index contributed by atoms with van der Waals surface area (Å²) in [5.41, 5.74) is 7.65. The second kappa shape index (κ2) is 5.25. The first kappa shape index (κ1) is 13.1. The first-order chi connectivity index (χ1) is 9.75. The van der Waals surface area contributed by atoms with Crippen LogP contribution in [-0.2, 0) is 11.8 Å². The zero-order valence-electron chi connectivity index (χ0n) is 11.3. The van der Waals surface area contributed by atoms with Gasteiger partial charge in [-0.15, -0.1) is 0 Å². The summed E-state index contributed by atoms with van der Waals surface area (Å²) in [4.78, 5) is 0.